The Bertz CT molecular complexity index is 1180. The number of nitrogens with zero attached hydrogens (tertiary/aromatic N) is 3. The molecule has 2 aromatic carbocycles. The summed E-state index contributed by atoms with van der Waals surface area (Å²) in [5.41, 5.74) is 1.37. The van der Waals surface area contributed by atoms with Crippen molar-refractivity contribution in [2.24, 2.45) is 7.05 Å². The zero-order valence-electron chi connectivity index (χ0n) is 18.5. The molecule has 0 saturated heterocycles. The number of anilines is 1. The van der Waals surface area contributed by atoms with Crippen LogP contribution >= 0.6 is 0 Å². The Morgan fingerprint density at radius 3 is 2.29 bits per heavy atom. The Labute approximate surface area is 181 Å². The second kappa shape index (κ2) is 9.04. The summed E-state index contributed by atoms with van der Waals surface area (Å²) < 4.78 is 7.13. The molecule has 7 nitrogen and oxygen atoms in total. The van der Waals surface area contributed by atoms with E-state index in [4.69, 9.17) is 4.74 Å². The van der Waals surface area contributed by atoms with Crippen LogP contribution in [0.15, 0.2) is 53.3 Å². The number of para-hydroxylation sites is 1. The summed E-state index contributed by atoms with van der Waals surface area (Å²) in [6.07, 6.45) is -0.628. The molecule has 31 heavy (non-hydrogen) atoms. The lowest BCUT2D eigenvalue weighted by Crippen LogP contribution is -2.38. The minimum absolute atomic E-state index is 0.000816. The molecular formula is C24H27N3O4. The lowest BCUT2D eigenvalue weighted by Gasteiger charge is -2.24. The fraction of sp³-hybridized carbons (Fsp3) is 0.292. The van der Waals surface area contributed by atoms with E-state index in [0.717, 1.165) is 5.56 Å². The number of benzene rings is 2. The van der Waals surface area contributed by atoms with Gasteiger partial charge in [0, 0.05) is 38.3 Å². The van der Waals surface area contributed by atoms with Crippen molar-refractivity contribution in [3.05, 3.63) is 70.0 Å². The maximum Gasteiger partial charge on any atom is 0.415 e. The summed E-state index contributed by atoms with van der Waals surface area (Å²) in [5.74, 6) is -0.512. The molecule has 0 atom stereocenters. The van der Waals surface area contributed by atoms with Gasteiger partial charge in [-0.1, -0.05) is 30.3 Å². The zero-order chi connectivity index (χ0) is 22.7. The SMILES string of the molecule is CCN(C)C(=O)Oc1c(C(=O)N(CC)c2ccccc2)c(=O)n(C)c2cccc(C)c12. The molecule has 0 unspecified atom stereocenters. The van der Waals surface area contributed by atoms with Crippen molar-refractivity contribution < 1.29 is 14.3 Å². The van der Waals surface area contributed by atoms with Crippen molar-refractivity contribution in [1.82, 2.24) is 9.47 Å². The first-order chi connectivity index (χ1) is 14.8. The molecule has 0 fully saturated rings. The Balaban J connectivity index is 2.31. The van der Waals surface area contributed by atoms with Crippen LogP contribution in [0.4, 0.5) is 10.5 Å². The predicted octanol–water partition coefficient (Wildman–Crippen LogP) is 3.96. The number of aryl methyl sites for hydroxylation is 2. The number of aromatic nitrogens is 1. The fourth-order valence-corrected chi connectivity index (χ4v) is 3.50. The quantitative estimate of drug-likeness (QED) is 0.625. The van der Waals surface area contributed by atoms with E-state index in [1.54, 1.807) is 32.3 Å². The average molecular weight is 421 g/mol. The van der Waals surface area contributed by atoms with Gasteiger partial charge in [-0.05, 0) is 44.5 Å². The molecule has 162 valence electrons. The first-order valence-corrected chi connectivity index (χ1v) is 10.2. The minimum atomic E-state index is -0.628. The van der Waals surface area contributed by atoms with Gasteiger partial charge in [0.2, 0.25) is 0 Å². The Morgan fingerprint density at radius 2 is 1.68 bits per heavy atom. The van der Waals surface area contributed by atoms with Gasteiger partial charge >= 0.3 is 6.09 Å². The Morgan fingerprint density at radius 1 is 1.00 bits per heavy atom. The number of fused-ring (bicyclic) bond motifs is 1. The van der Waals surface area contributed by atoms with Crippen LogP contribution < -0.4 is 15.2 Å². The van der Waals surface area contributed by atoms with Gasteiger partial charge in [-0.15, -0.1) is 0 Å². The fourth-order valence-electron chi connectivity index (χ4n) is 3.50. The monoisotopic (exact) mass is 421 g/mol. The van der Waals surface area contributed by atoms with Gasteiger partial charge < -0.3 is 19.1 Å². The first kappa shape index (κ1) is 22.1. The molecule has 0 aliphatic rings. The van der Waals surface area contributed by atoms with Crippen molar-refractivity contribution in [3.8, 4) is 5.75 Å². The second-order valence-corrected chi connectivity index (χ2v) is 7.30. The van der Waals surface area contributed by atoms with Crippen LogP contribution in [0.2, 0.25) is 0 Å². The van der Waals surface area contributed by atoms with Gasteiger partial charge in [0.05, 0.1) is 5.52 Å². The maximum atomic E-state index is 13.7. The number of carbonyl (C=O) groups excluding carboxylic acids is 2. The largest absolute Gasteiger partial charge is 0.415 e. The van der Waals surface area contributed by atoms with Gasteiger partial charge in [-0.3, -0.25) is 9.59 Å². The zero-order valence-corrected chi connectivity index (χ0v) is 18.5. The third-order valence-electron chi connectivity index (χ3n) is 5.40. The third kappa shape index (κ3) is 4.03. The lowest BCUT2D eigenvalue weighted by atomic mass is 10.0. The third-order valence-corrected chi connectivity index (χ3v) is 5.40. The van der Waals surface area contributed by atoms with E-state index in [1.807, 2.05) is 51.1 Å². The average Bonchev–Trinajstić information content (AvgIpc) is 2.77. The van der Waals surface area contributed by atoms with Crippen LogP contribution in [0.5, 0.6) is 5.75 Å². The number of pyridine rings is 1. The van der Waals surface area contributed by atoms with Crippen molar-refractivity contribution in [3.63, 3.8) is 0 Å². The minimum Gasteiger partial charge on any atom is -0.408 e. The smallest absolute Gasteiger partial charge is 0.408 e. The van der Waals surface area contributed by atoms with Gasteiger partial charge in [-0.25, -0.2) is 4.79 Å². The molecule has 2 amide bonds. The standard InChI is InChI=1S/C24H27N3O4/c1-6-25(4)24(30)31-21-19-16(3)12-11-15-18(19)26(5)22(28)20(21)23(29)27(7-2)17-13-9-8-10-14-17/h8-15H,6-7H2,1-5H3. The van der Waals surface area contributed by atoms with Crippen LogP contribution in [0, 0.1) is 6.92 Å². The van der Waals surface area contributed by atoms with E-state index in [1.165, 1.54) is 14.4 Å². The molecule has 0 radical (unpaired) electrons. The molecule has 1 heterocycles. The molecule has 0 spiro atoms. The van der Waals surface area contributed by atoms with Gasteiger partial charge in [0.25, 0.3) is 11.5 Å². The number of carbonyl (C=O) groups is 2. The summed E-state index contributed by atoms with van der Waals surface area (Å²) >= 11 is 0. The first-order valence-electron chi connectivity index (χ1n) is 10.2. The number of hydrogen-bond acceptors (Lipinski definition) is 4. The van der Waals surface area contributed by atoms with Gasteiger partial charge in [0.1, 0.15) is 5.56 Å². The van der Waals surface area contributed by atoms with Crippen LogP contribution in [0.3, 0.4) is 0 Å². The molecule has 0 aliphatic heterocycles. The summed E-state index contributed by atoms with van der Waals surface area (Å²) in [5, 5.41) is 0.565. The highest BCUT2D eigenvalue weighted by molar-refractivity contribution is 6.11. The molecule has 1 aromatic heterocycles. The summed E-state index contributed by atoms with van der Waals surface area (Å²) in [7, 11) is 3.21. The molecule has 0 aliphatic carbocycles. The van der Waals surface area contributed by atoms with E-state index in [2.05, 4.69) is 0 Å². The van der Waals surface area contributed by atoms with E-state index < -0.39 is 17.6 Å². The molecule has 3 rings (SSSR count). The number of hydrogen-bond donors (Lipinski definition) is 0. The van der Waals surface area contributed by atoms with Gasteiger partial charge in [0.15, 0.2) is 5.75 Å². The topological polar surface area (TPSA) is 71.8 Å². The van der Waals surface area contributed by atoms with Crippen LogP contribution in [0.25, 0.3) is 10.9 Å². The van der Waals surface area contributed by atoms with Crippen LogP contribution in [-0.2, 0) is 7.05 Å². The molecule has 0 N–H and O–H groups in total. The Hall–Kier alpha value is -3.61. The van der Waals surface area contributed by atoms with E-state index in [0.29, 0.717) is 29.7 Å². The predicted molar refractivity (Wildman–Crippen MR) is 122 cm³/mol. The number of amides is 2. The summed E-state index contributed by atoms with van der Waals surface area (Å²) in [4.78, 5) is 42.5. The van der Waals surface area contributed by atoms with E-state index in [-0.39, 0.29) is 11.3 Å². The van der Waals surface area contributed by atoms with Crippen LogP contribution in [0.1, 0.15) is 29.8 Å². The lowest BCUT2D eigenvalue weighted by molar-refractivity contribution is 0.0983. The highest BCUT2D eigenvalue weighted by Crippen LogP contribution is 2.32. The van der Waals surface area contributed by atoms with E-state index in [9.17, 15) is 14.4 Å². The molecule has 0 bridgehead atoms. The van der Waals surface area contributed by atoms with Gasteiger partial charge in [-0.2, -0.15) is 0 Å². The molecule has 7 heteroatoms. The number of ether oxygens (including phenoxy) is 1. The van der Waals surface area contributed by atoms with Crippen LogP contribution in [-0.4, -0.2) is 41.6 Å². The second-order valence-electron chi connectivity index (χ2n) is 7.30. The number of rotatable bonds is 5. The molecular weight excluding hydrogens is 394 g/mol. The van der Waals surface area contributed by atoms with Crippen molar-refractivity contribution >= 4 is 28.6 Å². The Kier molecular flexibility index (Phi) is 6.44. The highest BCUT2D eigenvalue weighted by Gasteiger charge is 2.29. The molecule has 0 saturated carbocycles. The van der Waals surface area contributed by atoms with E-state index >= 15 is 0 Å². The summed E-state index contributed by atoms with van der Waals surface area (Å²) in [6.45, 7) is 6.28. The normalized spacial score (nSPS) is 10.7. The maximum absolute atomic E-state index is 13.7. The summed E-state index contributed by atoms with van der Waals surface area (Å²) in [6, 6.07) is 14.6. The van der Waals surface area contributed by atoms with Crippen molar-refractivity contribution in [1.29, 1.82) is 0 Å². The van der Waals surface area contributed by atoms with Crippen molar-refractivity contribution in [2.45, 2.75) is 20.8 Å². The molecule has 3 aromatic rings. The van der Waals surface area contributed by atoms with Crippen molar-refractivity contribution in [2.75, 3.05) is 25.0 Å². The highest BCUT2D eigenvalue weighted by atomic mass is 16.6.